The Balaban J connectivity index is 2.52. The van der Waals surface area contributed by atoms with Crippen molar-refractivity contribution in [1.82, 2.24) is 4.90 Å². The molecule has 1 aliphatic heterocycles. The molecule has 5 nitrogen and oxygen atoms in total. The van der Waals surface area contributed by atoms with Gasteiger partial charge >= 0.3 is 0 Å². The molecule has 0 aromatic heterocycles. The van der Waals surface area contributed by atoms with Gasteiger partial charge in [0.25, 0.3) is 0 Å². The summed E-state index contributed by atoms with van der Waals surface area (Å²) in [6.07, 6.45) is 3.88. The zero-order chi connectivity index (χ0) is 14.1. The Bertz CT molecular complexity index is 229. The predicted octanol–water partition coefficient (Wildman–Crippen LogP) is 0.866. The fraction of sp³-hybridized carbons (Fsp3) is 1.00. The first kappa shape index (κ1) is 16.9. The number of nitrogens with two attached hydrogens (primary N) is 1. The standard InChI is InChI=1S/C14H30N2O3/c1-12-5-6-14(19-12)13(11-15)16(8-10-18-3)7-4-9-17-2/h12-14H,4-11,15H2,1-3H3. The van der Waals surface area contributed by atoms with Crippen LogP contribution in [-0.4, -0.2) is 70.2 Å². The summed E-state index contributed by atoms with van der Waals surface area (Å²) in [5.74, 6) is 0. The maximum atomic E-state index is 5.99. The van der Waals surface area contributed by atoms with E-state index in [-0.39, 0.29) is 12.1 Å². The summed E-state index contributed by atoms with van der Waals surface area (Å²) in [7, 11) is 3.47. The van der Waals surface area contributed by atoms with Gasteiger partial charge in [0.15, 0.2) is 0 Å². The van der Waals surface area contributed by atoms with Crippen LogP contribution in [0.15, 0.2) is 0 Å². The zero-order valence-electron chi connectivity index (χ0n) is 12.6. The van der Waals surface area contributed by atoms with E-state index in [1.165, 1.54) is 0 Å². The highest BCUT2D eigenvalue weighted by molar-refractivity contribution is 4.85. The maximum Gasteiger partial charge on any atom is 0.0747 e. The summed E-state index contributed by atoms with van der Waals surface area (Å²) in [6.45, 7) is 6.16. The topological polar surface area (TPSA) is 57.0 Å². The molecule has 114 valence electrons. The van der Waals surface area contributed by atoms with Crippen molar-refractivity contribution in [2.24, 2.45) is 5.73 Å². The lowest BCUT2D eigenvalue weighted by Crippen LogP contribution is -2.50. The molecule has 5 heteroatoms. The van der Waals surface area contributed by atoms with E-state index in [1.54, 1.807) is 14.2 Å². The van der Waals surface area contributed by atoms with Crippen molar-refractivity contribution < 1.29 is 14.2 Å². The quantitative estimate of drug-likeness (QED) is 0.599. The van der Waals surface area contributed by atoms with Crippen LogP contribution in [0.1, 0.15) is 26.2 Å². The molecule has 3 atom stereocenters. The van der Waals surface area contributed by atoms with E-state index in [4.69, 9.17) is 19.9 Å². The van der Waals surface area contributed by atoms with Crippen LogP contribution in [0, 0.1) is 0 Å². The summed E-state index contributed by atoms with van der Waals surface area (Å²) in [5.41, 5.74) is 5.98. The second-order valence-corrected chi connectivity index (χ2v) is 5.24. The summed E-state index contributed by atoms with van der Waals surface area (Å²) in [4.78, 5) is 2.39. The van der Waals surface area contributed by atoms with Gasteiger partial charge in [0.2, 0.25) is 0 Å². The van der Waals surface area contributed by atoms with E-state index >= 15 is 0 Å². The van der Waals surface area contributed by atoms with Crippen LogP contribution in [0.5, 0.6) is 0 Å². The molecule has 1 fully saturated rings. The van der Waals surface area contributed by atoms with Gasteiger partial charge in [-0.25, -0.2) is 0 Å². The molecular weight excluding hydrogens is 244 g/mol. The summed E-state index contributed by atoms with van der Waals surface area (Å²) < 4.78 is 16.3. The highest BCUT2D eigenvalue weighted by Gasteiger charge is 2.32. The first-order valence-electron chi connectivity index (χ1n) is 7.30. The maximum absolute atomic E-state index is 5.99. The zero-order valence-corrected chi connectivity index (χ0v) is 12.6. The average molecular weight is 274 g/mol. The average Bonchev–Trinajstić information content (AvgIpc) is 2.83. The number of hydrogen-bond acceptors (Lipinski definition) is 5. The predicted molar refractivity (Wildman–Crippen MR) is 76.4 cm³/mol. The second kappa shape index (κ2) is 9.66. The molecule has 0 radical (unpaired) electrons. The normalized spacial score (nSPS) is 25.1. The van der Waals surface area contributed by atoms with Gasteiger partial charge in [-0.05, 0) is 26.2 Å². The Morgan fingerprint density at radius 1 is 1.21 bits per heavy atom. The van der Waals surface area contributed by atoms with E-state index in [9.17, 15) is 0 Å². The molecule has 0 bridgehead atoms. The van der Waals surface area contributed by atoms with Crippen molar-refractivity contribution in [3.8, 4) is 0 Å². The monoisotopic (exact) mass is 274 g/mol. The lowest BCUT2D eigenvalue weighted by Gasteiger charge is -2.34. The highest BCUT2D eigenvalue weighted by Crippen LogP contribution is 2.24. The Hall–Kier alpha value is -0.200. The van der Waals surface area contributed by atoms with E-state index in [0.29, 0.717) is 12.6 Å². The van der Waals surface area contributed by atoms with Crippen LogP contribution >= 0.6 is 0 Å². The van der Waals surface area contributed by atoms with Crippen LogP contribution in [0.25, 0.3) is 0 Å². The third-order valence-electron chi connectivity index (χ3n) is 3.78. The van der Waals surface area contributed by atoms with Gasteiger partial charge in [-0.1, -0.05) is 0 Å². The van der Waals surface area contributed by atoms with Crippen LogP contribution in [0.4, 0.5) is 0 Å². The molecule has 3 unspecified atom stereocenters. The van der Waals surface area contributed by atoms with E-state index in [2.05, 4.69) is 11.8 Å². The van der Waals surface area contributed by atoms with Gasteiger partial charge in [0.1, 0.15) is 0 Å². The van der Waals surface area contributed by atoms with Gasteiger partial charge in [-0.3, -0.25) is 4.90 Å². The summed E-state index contributed by atoms with van der Waals surface area (Å²) in [5, 5.41) is 0. The third kappa shape index (κ3) is 5.75. The van der Waals surface area contributed by atoms with Crippen molar-refractivity contribution in [2.45, 2.75) is 44.4 Å². The minimum atomic E-state index is 0.263. The molecule has 0 aliphatic carbocycles. The number of rotatable bonds is 10. The molecule has 2 N–H and O–H groups in total. The Morgan fingerprint density at radius 3 is 2.47 bits per heavy atom. The molecule has 1 aliphatic rings. The summed E-state index contributed by atoms with van der Waals surface area (Å²) in [6, 6.07) is 0.289. The van der Waals surface area contributed by atoms with Gasteiger partial charge in [-0.15, -0.1) is 0 Å². The number of nitrogens with zero attached hydrogens (tertiary/aromatic N) is 1. The minimum Gasteiger partial charge on any atom is -0.385 e. The van der Waals surface area contributed by atoms with Crippen LogP contribution < -0.4 is 5.73 Å². The Morgan fingerprint density at radius 2 is 1.95 bits per heavy atom. The van der Waals surface area contributed by atoms with Gasteiger partial charge < -0.3 is 19.9 Å². The molecule has 0 saturated carbocycles. The van der Waals surface area contributed by atoms with Crippen LogP contribution in [0.2, 0.25) is 0 Å². The largest absolute Gasteiger partial charge is 0.385 e. The molecular formula is C14H30N2O3. The van der Waals surface area contributed by atoms with Crippen molar-refractivity contribution in [3.63, 3.8) is 0 Å². The van der Waals surface area contributed by atoms with E-state index in [0.717, 1.165) is 45.6 Å². The smallest absolute Gasteiger partial charge is 0.0747 e. The van der Waals surface area contributed by atoms with Gasteiger partial charge in [0.05, 0.1) is 18.8 Å². The van der Waals surface area contributed by atoms with E-state index in [1.807, 2.05) is 0 Å². The first-order valence-corrected chi connectivity index (χ1v) is 7.30. The van der Waals surface area contributed by atoms with Crippen molar-refractivity contribution in [1.29, 1.82) is 0 Å². The van der Waals surface area contributed by atoms with E-state index < -0.39 is 0 Å². The molecule has 0 amide bonds. The number of hydrogen-bond donors (Lipinski definition) is 1. The third-order valence-corrected chi connectivity index (χ3v) is 3.78. The Labute approximate surface area is 117 Å². The SMILES string of the molecule is COCCCN(CCOC)C(CN)C1CCC(C)O1. The molecule has 19 heavy (non-hydrogen) atoms. The second-order valence-electron chi connectivity index (χ2n) is 5.24. The van der Waals surface area contributed by atoms with Gasteiger partial charge in [0, 0.05) is 46.5 Å². The van der Waals surface area contributed by atoms with Crippen molar-refractivity contribution in [2.75, 3.05) is 47.1 Å². The minimum absolute atomic E-state index is 0.263. The number of methoxy groups -OCH3 is 2. The van der Waals surface area contributed by atoms with Crippen LogP contribution in [-0.2, 0) is 14.2 Å². The molecule has 0 spiro atoms. The van der Waals surface area contributed by atoms with Crippen molar-refractivity contribution in [3.05, 3.63) is 0 Å². The molecule has 1 rings (SSSR count). The van der Waals surface area contributed by atoms with Crippen LogP contribution in [0.3, 0.4) is 0 Å². The number of ether oxygens (including phenoxy) is 3. The molecule has 0 aromatic carbocycles. The fourth-order valence-corrected chi connectivity index (χ4v) is 2.72. The first-order chi connectivity index (χ1) is 9.22. The Kier molecular flexibility index (Phi) is 8.57. The molecule has 1 saturated heterocycles. The fourth-order valence-electron chi connectivity index (χ4n) is 2.72. The highest BCUT2D eigenvalue weighted by atomic mass is 16.5. The summed E-state index contributed by atoms with van der Waals surface area (Å²) >= 11 is 0. The van der Waals surface area contributed by atoms with Crippen molar-refractivity contribution >= 4 is 0 Å². The molecule has 0 aromatic rings. The molecule has 1 heterocycles. The van der Waals surface area contributed by atoms with Gasteiger partial charge in [-0.2, -0.15) is 0 Å². The lowest BCUT2D eigenvalue weighted by molar-refractivity contribution is -0.0121. The lowest BCUT2D eigenvalue weighted by atomic mass is 10.1.